The summed E-state index contributed by atoms with van der Waals surface area (Å²) in [5.74, 6) is -1.40. The molecule has 0 heterocycles. The first-order chi connectivity index (χ1) is 8.02. The van der Waals surface area contributed by atoms with E-state index < -0.39 is 16.5 Å². The fourth-order valence-electron chi connectivity index (χ4n) is 0.949. The molecule has 0 aliphatic heterocycles. The minimum atomic E-state index is -1.63. The maximum Gasteiger partial charge on any atom is 0.363 e. The van der Waals surface area contributed by atoms with Crippen LogP contribution in [0.1, 0.15) is 5.56 Å². The summed E-state index contributed by atoms with van der Waals surface area (Å²) >= 11 is 5.21. The van der Waals surface area contributed by atoms with Gasteiger partial charge in [0.2, 0.25) is 0 Å². The number of rotatable bonds is 5. The zero-order chi connectivity index (χ0) is 12.8. The zero-order valence-corrected chi connectivity index (χ0v) is 9.07. The highest BCUT2D eigenvalue weighted by Gasteiger charge is 2.14. The number of hydrogen-bond donors (Lipinski definition) is 1. The van der Waals surface area contributed by atoms with E-state index in [0.717, 1.165) is 6.21 Å². The number of nitrogens with zero attached hydrogens (tertiary/aromatic N) is 2. The number of para-hydroxylation sites is 1. The Kier molecular flexibility index (Phi) is 4.41. The maximum absolute atomic E-state index is 10.6. The van der Waals surface area contributed by atoms with Crippen LogP contribution in [0.3, 0.4) is 0 Å². The Balaban J connectivity index is 2.78. The van der Waals surface area contributed by atoms with Gasteiger partial charge in [-0.2, -0.15) is 0 Å². The summed E-state index contributed by atoms with van der Waals surface area (Å²) in [6.07, 6.45) is 1.02. The lowest BCUT2D eigenvalue weighted by Crippen LogP contribution is -2.14. The molecular formula is C9H7ClN2O5. The normalized spacial score (nSPS) is 12.3. The summed E-state index contributed by atoms with van der Waals surface area (Å²) in [5, 5.41) is 22.3. The standard InChI is InChI=1S/C9H7ClN2O5/c10-8(9(13)14)17-11-5-6-3-1-2-4-7(6)12(15)16/h1-5,8H,(H,13,14). The molecule has 8 heteroatoms. The molecule has 0 aliphatic carbocycles. The molecular weight excluding hydrogens is 252 g/mol. The number of nitro benzene ring substituents is 1. The lowest BCUT2D eigenvalue weighted by atomic mass is 10.2. The first kappa shape index (κ1) is 12.9. The van der Waals surface area contributed by atoms with Crippen molar-refractivity contribution in [2.45, 2.75) is 5.56 Å². The van der Waals surface area contributed by atoms with Gasteiger partial charge < -0.3 is 9.94 Å². The fraction of sp³-hybridized carbons (Fsp3) is 0.111. The van der Waals surface area contributed by atoms with Crippen molar-refractivity contribution in [1.29, 1.82) is 0 Å². The number of carboxylic acids is 1. The smallest absolute Gasteiger partial charge is 0.363 e. The summed E-state index contributed by atoms with van der Waals surface area (Å²) < 4.78 is 0. The largest absolute Gasteiger partial charge is 0.477 e. The number of halogens is 1. The third kappa shape index (κ3) is 3.72. The molecule has 0 bridgehead atoms. The Hall–Kier alpha value is -2.15. The quantitative estimate of drug-likeness (QED) is 0.374. The predicted molar refractivity (Wildman–Crippen MR) is 59.1 cm³/mol. The van der Waals surface area contributed by atoms with Crippen LogP contribution in [-0.2, 0) is 9.63 Å². The predicted octanol–water partition coefficient (Wildman–Crippen LogP) is 1.59. The van der Waals surface area contributed by atoms with Crippen LogP contribution in [-0.4, -0.2) is 27.8 Å². The van der Waals surface area contributed by atoms with Gasteiger partial charge in [0.1, 0.15) is 0 Å². The molecule has 1 N–H and O–H groups in total. The van der Waals surface area contributed by atoms with Gasteiger partial charge in [0.15, 0.2) is 0 Å². The summed E-state index contributed by atoms with van der Waals surface area (Å²) in [6, 6.07) is 5.80. The first-order valence-corrected chi connectivity index (χ1v) is 4.75. The third-order valence-electron chi connectivity index (χ3n) is 1.67. The minimum absolute atomic E-state index is 0.165. The number of nitro groups is 1. The van der Waals surface area contributed by atoms with Crippen molar-refractivity contribution in [3.05, 3.63) is 39.9 Å². The molecule has 0 fully saturated rings. The van der Waals surface area contributed by atoms with Crippen LogP contribution >= 0.6 is 11.6 Å². The molecule has 1 aromatic carbocycles. The maximum atomic E-state index is 10.6. The summed E-state index contributed by atoms with van der Waals surface area (Å²) in [4.78, 5) is 24.7. The average Bonchev–Trinajstić information content (AvgIpc) is 2.29. The zero-order valence-electron chi connectivity index (χ0n) is 8.32. The van der Waals surface area contributed by atoms with Crippen LogP contribution < -0.4 is 0 Å². The Bertz CT molecular complexity index is 462. The highest BCUT2D eigenvalue weighted by atomic mass is 35.5. The topological polar surface area (TPSA) is 102 Å². The van der Waals surface area contributed by atoms with Crippen molar-refractivity contribution in [2.75, 3.05) is 0 Å². The molecule has 0 radical (unpaired) electrons. The first-order valence-electron chi connectivity index (χ1n) is 4.32. The number of carbonyl (C=O) groups is 1. The Morgan fingerprint density at radius 2 is 2.24 bits per heavy atom. The molecule has 1 rings (SSSR count). The number of oxime groups is 1. The summed E-state index contributed by atoms with van der Waals surface area (Å²) in [5.41, 5.74) is -1.61. The molecule has 1 unspecified atom stereocenters. The van der Waals surface area contributed by atoms with Crippen molar-refractivity contribution in [3.63, 3.8) is 0 Å². The van der Waals surface area contributed by atoms with Crippen LogP contribution in [0.15, 0.2) is 29.4 Å². The molecule has 17 heavy (non-hydrogen) atoms. The van der Waals surface area contributed by atoms with Gasteiger partial charge >= 0.3 is 5.97 Å². The Morgan fingerprint density at radius 3 is 2.82 bits per heavy atom. The van der Waals surface area contributed by atoms with Crippen molar-refractivity contribution in [2.24, 2.45) is 5.16 Å². The van der Waals surface area contributed by atoms with Crippen LogP contribution in [0.2, 0.25) is 0 Å². The molecule has 0 saturated carbocycles. The molecule has 0 saturated heterocycles. The van der Waals surface area contributed by atoms with Gasteiger partial charge in [0, 0.05) is 6.07 Å². The van der Waals surface area contributed by atoms with E-state index in [2.05, 4.69) is 9.99 Å². The van der Waals surface area contributed by atoms with E-state index in [1.807, 2.05) is 0 Å². The van der Waals surface area contributed by atoms with E-state index in [1.54, 1.807) is 6.07 Å². The van der Waals surface area contributed by atoms with E-state index in [1.165, 1.54) is 18.2 Å². The number of carboxylic acid groups (broad SMARTS) is 1. The second kappa shape index (κ2) is 5.80. The van der Waals surface area contributed by atoms with Crippen LogP contribution in [0, 0.1) is 10.1 Å². The molecule has 0 aromatic heterocycles. The van der Waals surface area contributed by atoms with E-state index in [4.69, 9.17) is 16.7 Å². The molecule has 1 aromatic rings. The van der Waals surface area contributed by atoms with Gasteiger partial charge in [0.25, 0.3) is 11.3 Å². The molecule has 0 aliphatic rings. The van der Waals surface area contributed by atoms with Crippen molar-refractivity contribution < 1.29 is 19.7 Å². The Morgan fingerprint density at radius 1 is 1.59 bits per heavy atom. The van der Waals surface area contributed by atoms with E-state index in [0.29, 0.717) is 0 Å². The van der Waals surface area contributed by atoms with E-state index >= 15 is 0 Å². The fourth-order valence-corrected chi connectivity index (χ4v) is 0.995. The van der Waals surface area contributed by atoms with Crippen molar-refractivity contribution in [3.8, 4) is 0 Å². The van der Waals surface area contributed by atoms with Gasteiger partial charge in [0.05, 0.1) is 16.7 Å². The monoisotopic (exact) mass is 258 g/mol. The van der Waals surface area contributed by atoms with Gasteiger partial charge in [-0.1, -0.05) is 28.9 Å². The highest BCUT2D eigenvalue weighted by molar-refractivity contribution is 6.28. The van der Waals surface area contributed by atoms with Crippen molar-refractivity contribution in [1.82, 2.24) is 0 Å². The molecule has 7 nitrogen and oxygen atoms in total. The average molecular weight is 259 g/mol. The van der Waals surface area contributed by atoms with Crippen LogP contribution in [0.25, 0.3) is 0 Å². The van der Waals surface area contributed by atoms with Crippen LogP contribution in [0.4, 0.5) is 5.69 Å². The van der Waals surface area contributed by atoms with Crippen molar-refractivity contribution >= 4 is 29.5 Å². The molecule has 0 amide bonds. The highest BCUT2D eigenvalue weighted by Crippen LogP contribution is 2.15. The van der Waals surface area contributed by atoms with Gasteiger partial charge in [-0.15, -0.1) is 0 Å². The van der Waals surface area contributed by atoms with E-state index in [-0.39, 0.29) is 11.3 Å². The SMILES string of the molecule is O=C(O)C(Cl)ON=Cc1ccccc1[N+](=O)[O-]. The van der Waals surface area contributed by atoms with Gasteiger partial charge in [-0.25, -0.2) is 4.79 Å². The second-order valence-corrected chi connectivity index (χ2v) is 3.21. The summed E-state index contributed by atoms with van der Waals surface area (Å²) in [6.45, 7) is 0. The minimum Gasteiger partial charge on any atom is -0.477 e. The Labute approximate surface area is 100 Å². The second-order valence-electron chi connectivity index (χ2n) is 2.81. The number of alkyl halides is 1. The third-order valence-corrected chi connectivity index (χ3v) is 1.94. The summed E-state index contributed by atoms with van der Waals surface area (Å²) in [7, 11) is 0. The molecule has 90 valence electrons. The molecule has 1 atom stereocenters. The molecule has 0 spiro atoms. The number of hydrogen-bond acceptors (Lipinski definition) is 5. The van der Waals surface area contributed by atoms with E-state index in [9.17, 15) is 14.9 Å². The lowest BCUT2D eigenvalue weighted by molar-refractivity contribution is -0.385. The lowest BCUT2D eigenvalue weighted by Gasteiger charge is -2.00. The van der Waals surface area contributed by atoms with Crippen LogP contribution in [0.5, 0.6) is 0 Å². The number of benzene rings is 1. The van der Waals surface area contributed by atoms with Gasteiger partial charge in [-0.05, 0) is 6.07 Å². The van der Waals surface area contributed by atoms with Gasteiger partial charge in [-0.3, -0.25) is 10.1 Å². The number of aliphatic carboxylic acids is 1.